The highest BCUT2D eigenvalue weighted by Crippen LogP contribution is 2.32. The molecule has 0 fully saturated rings. The molecule has 4 rings (SSSR count). The summed E-state index contributed by atoms with van der Waals surface area (Å²) >= 11 is 12.3. The summed E-state index contributed by atoms with van der Waals surface area (Å²) in [7, 11) is 0. The Kier molecular flexibility index (Phi) is 7.72. The summed E-state index contributed by atoms with van der Waals surface area (Å²) in [6.07, 6.45) is 2.47. The summed E-state index contributed by atoms with van der Waals surface area (Å²) in [5.41, 5.74) is 3.17. The molecule has 6 heteroatoms. The fraction of sp³-hybridized carbons (Fsp3) is 0.103. The van der Waals surface area contributed by atoms with E-state index in [-0.39, 0.29) is 12.2 Å². The second-order valence-electron chi connectivity index (χ2n) is 7.90. The highest BCUT2D eigenvalue weighted by molar-refractivity contribution is 6.35. The highest BCUT2D eigenvalue weighted by atomic mass is 35.5. The van der Waals surface area contributed by atoms with Gasteiger partial charge in [0.2, 0.25) is 0 Å². The van der Waals surface area contributed by atoms with Gasteiger partial charge in [0.15, 0.2) is 0 Å². The van der Waals surface area contributed by atoms with E-state index < -0.39 is 5.91 Å². The van der Waals surface area contributed by atoms with E-state index in [2.05, 4.69) is 12.2 Å². The minimum atomic E-state index is -0.489. The minimum Gasteiger partial charge on any atom is -0.488 e. The Morgan fingerprint density at radius 1 is 1.03 bits per heavy atom. The molecule has 0 saturated heterocycles. The Labute approximate surface area is 214 Å². The number of ether oxygens (including phenoxy) is 1. The summed E-state index contributed by atoms with van der Waals surface area (Å²) in [6.45, 7) is 2.27. The van der Waals surface area contributed by atoms with E-state index in [9.17, 15) is 10.1 Å². The average molecular weight is 501 g/mol. The minimum absolute atomic E-state index is 0.0321. The molecule has 0 heterocycles. The van der Waals surface area contributed by atoms with Crippen LogP contribution >= 0.6 is 23.2 Å². The lowest BCUT2D eigenvalue weighted by Crippen LogP contribution is -2.13. The van der Waals surface area contributed by atoms with Crippen LogP contribution in [-0.4, -0.2) is 5.91 Å². The van der Waals surface area contributed by atoms with Gasteiger partial charge < -0.3 is 10.1 Å². The standard InChI is InChI=1S/C29H22Cl2N2O2/c1-2-19-7-12-24(13-8-19)33-29(34)22(17-32)15-26-25-6-4-3-5-20(25)10-14-28(26)35-18-21-9-11-23(30)16-27(21)31/h3-16H,2,18H2,1H3,(H,33,34)/b22-15-. The number of nitrogens with zero attached hydrogens (tertiary/aromatic N) is 1. The largest absolute Gasteiger partial charge is 0.488 e. The Morgan fingerprint density at radius 2 is 1.80 bits per heavy atom. The summed E-state index contributed by atoms with van der Waals surface area (Å²) in [4.78, 5) is 12.9. The van der Waals surface area contributed by atoms with E-state index in [1.165, 1.54) is 0 Å². The number of halogens is 2. The molecule has 0 bridgehead atoms. The predicted molar refractivity (Wildman–Crippen MR) is 143 cm³/mol. The van der Waals surface area contributed by atoms with Crippen molar-refractivity contribution in [3.63, 3.8) is 0 Å². The van der Waals surface area contributed by atoms with Crippen LogP contribution in [0.2, 0.25) is 10.0 Å². The summed E-state index contributed by atoms with van der Waals surface area (Å²) in [5, 5.41) is 15.5. The van der Waals surface area contributed by atoms with Crippen LogP contribution in [0, 0.1) is 11.3 Å². The quantitative estimate of drug-likeness (QED) is 0.207. The number of hydrogen-bond donors (Lipinski definition) is 1. The van der Waals surface area contributed by atoms with Crippen LogP contribution in [-0.2, 0) is 17.8 Å². The number of nitrogens with one attached hydrogen (secondary N) is 1. The van der Waals surface area contributed by atoms with Crippen molar-refractivity contribution in [3.05, 3.63) is 111 Å². The number of fused-ring (bicyclic) bond motifs is 1. The highest BCUT2D eigenvalue weighted by Gasteiger charge is 2.14. The van der Waals surface area contributed by atoms with Crippen molar-refractivity contribution in [1.82, 2.24) is 0 Å². The molecular formula is C29H22Cl2N2O2. The van der Waals surface area contributed by atoms with E-state index in [0.717, 1.165) is 28.3 Å². The number of carbonyl (C=O) groups excluding carboxylic acids is 1. The van der Waals surface area contributed by atoms with Crippen LogP contribution in [0.3, 0.4) is 0 Å². The first kappa shape index (κ1) is 24.3. The Morgan fingerprint density at radius 3 is 2.51 bits per heavy atom. The van der Waals surface area contributed by atoms with Gasteiger partial charge in [-0.05, 0) is 59.2 Å². The van der Waals surface area contributed by atoms with Crippen molar-refractivity contribution in [2.45, 2.75) is 20.0 Å². The number of rotatable bonds is 7. The first-order valence-electron chi connectivity index (χ1n) is 11.1. The van der Waals surface area contributed by atoms with Gasteiger partial charge in [-0.3, -0.25) is 4.79 Å². The second kappa shape index (κ2) is 11.1. The zero-order valence-electron chi connectivity index (χ0n) is 19.0. The van der Waals surface area contributed by atoms with Crippen LogP contribution in [0.1, 0.15) is 23.6 Å². The van der Waals surface area contributed by atoms with Crippen molar-refractivity contribution in [2.24, 2.45) is 0 Å². The number of benzene rings is 4. The normalized spacial score (nSPS) is 11.2. The Balaban J connectivity index is 1.68. The van der Waals surface area contributed by atoms with Crippen LogP contribution < -0.4 is 10.1 Å². The van der Waals surface area contributed by atoms with Gasteiger partial charge in [0.25, 0.3) is 5.91 Å². The molecule has 0 spiro atoms. The zero-order valence-corrected chi connectivity index (χ0v) is 20.5. The van der Waals surface area contributed by atoms with E-state index in [4.69, 9.17) is 27.9 Å². The maximum atomic E-state index is 12.9. The van der Waals surface area contributed by atoms with Crippen molar-refractivity contribution in [1.29, 1.82) is 5.26 Å². The van der Waals surface area contributed by atoms with E-state index >= 15 is 0 Å². The molecule has 0 atom stereocenters. The maximum absolute atomic E-state index is 12.9. The lowest BCUT2D eigenvalue weighted by Gasteiger charge is -2.14. The number of anilines is 1. The second-order valence-corrected chi connectivity index (χ2v) is 8.74. The molecule has 0 aromatic heterocycles. The monoisotopic (exact) mass is 500 g/mol. The lowest BCUT2D eigenvalue weighted by molar-refractivity contribution is -0.112. The van der Waals surface area contributed by atoms with Gasteiger partial charge in [0, 0.05) is 26.9 Å². The smallest absolute Gasteiger partial charge is 0.266 e. The first-order valence-corrected chi connectivity index (χ1v) is 11.8. The van der Waals surface area contributed by atoms with Crippen LogP contribution in [0.5, 0.6) is 5.75 Å². The van der Waals surface area contributed by atoms with Crippen LogP contribution in [0.25, 0.3) is 16.8 Å². The fourth-order valence-corrected chi connectivity index (χ4v) is 4.12. The third kappa shape index (κ3) is 5.84. The van der Waals surface area contributed by atoms with Gasteiger partial charge in [0.05, 0.1) is 0 Å². The van der Waals surface area contributed by atoms with Crippen LogP contribution in [0.4, 0.5) is 5.69 Å². The van der Waals surface area contributed by atoms with Gasteiger partial charge in [0.1, 0.15) is 24.0 Å². The third-order valence-corrected chi connectivity index (χ3v) is 6.19. The number of amides is 1. The Hall–Kier alpha value is -3.78. The van der Waals surface area contributed by atoms with Gasteiger partial charge in [-0.15, -0.1) is 0 Å². The lowest BCUT2D eigenvalue weighted by atomic mass is 10.0. The topological polar surface area (TPSA) is 62.1 Å². The molecule has 0 aliphatic heterocycles. The molecule has 174 valence electrons. The molecule has 1 N–H and O–H groups in total. The fourth-order valence-electron chi connectivity index (χ4n) is 3.66. The molecule has 35 heavy (non-hydrogen) atoms. The first-order chi connectivity index (χ1) is 17.0. The van der Waals surface area contributed by atoms with Gasteiger partial charge in [-0.1, -0.05) is 78.7 Å². The molecule has 0 unspecified atom stereocenters. The SMILES string of the molecule is CCc1ccc(NC(=O)/C(C#N)=C\c2c(OCc3ccc(Cl)cc3Cl)ccc3ccccc23)cc1. The molecule has 4 nitrogen and oxygen atoms in total. The number of hydrogen-bond acceptors (Lipinski definition) is 3. The third-order valence-electron chi connectivity index (χ3n) is 5.60. The Bertz CT molecular complexity index is 1450. The summed E-state index contributed by atoms with van der Waals surface area (Å²) in [5.74, 6) is 0.0407. The summed E-state index contributed by atoms with van der Waals surface area (Å²) in [6, 6.07) is 26.3. The van der Waals surface area contributed by atoms with Gasteiger partial charge in [-0.2, -0.15) is 5.26 Å². The number of carbonyl (C=O) groups is 1. The van der Waals surface area contributed by atoms with Crippen molar-refractivity contribution >= 4 is 51.6 Å². The maximum Gasteiger partial charge on any atom is 0.266 e. The molecule has 4 aromatic carbocycles. The molecule has 0 radical (unpaired) electrons. The number of nitriles is 1. The van der Waals surface area contributed by atoms with Crippen molar-refractivity contribution < 1.29 is 9.53 Å². The molecule has 0 aliphatic carbocycles. The van der Waals surface area contributed by atoms with Crippen molar-refractivity contribution in [2.75, 3.05) is 5.32 Å². The van der Waals surface area contributed by atoms with Crippen molar-refractivity contribution in [3.8, 4) is 11.8 Å². The zero-order chi connectivity index (χ0) is 24.8. The van der Waals surface area contributed by atoms with E-state index in [0.29, 0.717) is 27.0 Å². The molecule has 4 aromatic rings. The van der Waals surface area contributed by atoms with E-state index in [1.54, 1.807) is 24.3 Å². The predicted octanol–water partition coefficient (Wildman–Crippen LogP) is 7.83. The van der Waals surface area contributed by atoms with Crippen LogP contribution in [0.15, 0.2) is 84.4 Å². The molecule has 0 saturated carbocycles. The number of aryl methyl sites for hydroxylation is 1. The average Bonchev–Trinajstić information content (AvgIpc) is 2.87. The summed E-state index contributed by atoms with van der Waals surface area (Å²) < 4.78 is 6.11. The molecule has 1 amide bonds. The van der Waals surface area contributed by atoms with Gasteiger partial charge >= 0.3 is 0 Å². The van der Waals surface area contributed by atoms with Gasteiger partial charge in [-0.25, -0.2) is 0 Å². The molecule has 0 aliphatic rings. The molecular weight excluding hydrogens is 479 g/mol. The van der Waals surface area contributed by atoms with E-state index in [1.807, 2.05) is 66.7 Å².